The third-order valence-electron chi connectivity index (χ3n) is 5.08. The molecule has 0 spiro atoms. The van der Waals surface area contributed by atoms with Gasteiger partial charge in [-0.3, -0.25) is 9.59 Å². The van der Waals surface area contributed by atoms with E-state index in [-0.39, 0.29) is 17.0 Å². The quantitative estimate of drug-likeness (QED) is 0.353. The number of aromatic nitrogens is 2. The van der Waals surface area contributed by atoms with Crippen LogP contribution in [0.4, 0.5) is 11.4 Å². The van der Waals surface area contributed by atoms with Gasteiger partial charge < -0.3 is 10.6 Å². The van der Waals surface area contributed by atoms with Gasteiger partial charge in [-0.15, -0.1) is 0 Å². The molecule has 0 saturated carbocycles. The van der Waals surface area contributed by atoms with Gasteiger partial charge in [-0.1, -0.05) is 53.5 Å². The predicted molar refractivity (Wildman–Crippen MR) is 132 cm³/mol. The molecule has 33 heavy (non-hydrogen) atoms. The second kappa shape index (κ2) is 9.48. The largest absolute Gasteiger partial charge is 0.322 e. The highest BCUT2D eigenvalue weighted by atomic mass is 35.5. The molecule has 0 saturated heterocycles. The summed E-state index contributed by atoms with van der Waals surface area (Å²) in [5.41, 5.74) is 3.92. The lowest BCUT2D eigenvalue weighted by Gasteiger charge is -2.12. The van der Waals surface area contributed by atoms with Crippen LogP contribution in [0.2, 0.25) is 10.2 Å². The highest BCUT2D eigenvalue weighted by molar-refractivity contribution is 6.34. The second-order valence-electron chi connectivity index (χ2n) is 7.42. The minimum absolute atomic E-state index is 0.233. The molecular weight excluding hydrogens is 459 g/mol. The van der Waals surface area contributed by atoms with Gasteiger partial charge in [0.15, 0.2) is 0 Å². The fourth-order valence-corrected chi connectivity index (χ4v) is 3.99. The number of amides is 2. The molecule has 0 aliphatic carbocycles. The smallest absolute Gasteiger partial charge is 0.260 e. The third kappa shape index (κ3) is 4.77. The Balaban J connectivity index is 1.52. The van der Waals surface area contributed by atoms with Gasteiger partial charge in [0.2, 0.25) is 0 Å². The van der Waals surface area contributed by atoms with Crippen LogP contribution < -0.4 is 10.6 Å². The van der Waals surface area contributed by atoms with E-state index < -0.39 is 0 Å². The molecule has 0 aliphatic heterocycles. The van der Waals surface area contributed by atoms with Crippen molar-refractivity contribution in [2.75, 3.05) is 10.6 Å². The van der Waals surface area contributed by atoms with E-state index in [1.54, 1.807) is 49.4 Å². The predicted octanol–water partition coefficient (Wildman–Crippen LogP) is 6.30. The molecule has 0 fully saturated rings. The number of rotatable bonds is 5. The number of carbonyl (C=O) groups excluding carboxylic acids is 2. The van der Waals surface area contributed by atoms with E-state index in [1.807, 2.05) is 37.3 Å². The Morgan fingerprint density at radius 3 is 2.24 bits per heavy atom. The molecule has 1 aromatic heterocycles. The standard InChI is InChI=1S/C25H20Cl2N4O2/c1-15-14-17(12-13-21(15)29-24(32)19-10-6-7-11-20(19)26)28-25(33)22-16(2)30-31(23(22)27)18-8-4-3-5-9-18/h3-14H,1-2H3,(H,28,33)(H,29,32). The lowest BCUT2D eigenvalue weighted by molar-refractivity contribution is 0.101. The summed E-state index contributed by atoms with van der Waals surface area (Å²) in [6.07, 6.45) is 0. The van der Waals surface area contributed by atoms with Crippen molar-refractivity contribution < 1.29 is 9.59 Å². The Bertz CT molecular complexity index is 1350. The number of aryl methyl sites for hydroxylation is 2. The van der Waals surface area contributed by atoms with Crippen LogP contribution >= 0.6 is 23.2 Å². The summed E-state index contributed by atoms with van der Waals surface area (Å²) in [5, 5.41) is 10.7. The van der Waals surface area contributed by atoms with E-state index in [9.17, 15) is 9.59 Å². The Morgan fingerprint density at radius 1 is 0.848 bits per heavy atom. The van der Waals surface area contributed by atoms with E-state index in [4.69, 9.17) is 23.2 Å². The number of nitrogens with one attached hydrogen (secondary N) is 2. The molecule has 4 aromatic rings. The van der Waals surface area contributed by atoms with E-state index in [2.05, 4.69) is 15.7 Å². The zero-order valence-electron chi connectivity index (χ0n) is 17.9. The normalized spacial score (nSPS) is 10.7. The molecule has 0 unspecified atom stereocenters. The van der Waals surface area contributed by atoms with Crippen molar-refractivity contribution in [1.29, 1.82) is 0 Å². The van der Waals surface area contributed by atoms with Gasteiger partial charge in [-0.05, 0) is 61.9 Å². The Labute approximate surface area is 201 Å². The van der Waals surface area contributed by atoms with Crippen LogP contribution in [0, 0.1) is 13.8 Å². The highest BCUT2D eigenvalue weighted by Gasteiger charge is 2.21. The average Bonchev–Trinajstić information content (AvgIpc) is 3.10. The van der Waals surface area contributed by atoms with Crippen molar-refractivity contribution >= 4 is 46.4 Å². The fourth-order valence-electron chi connectivity index (χ4n) is 3.41. The minimum Gasteiger partial charge on any atom is -0.322 e. The number of para-hydroxylation sites is 1. The fraction of sp³-hybridized carbons (Fsp3) is 0.0800. The molecule has 0 bridgehead atoms. The lowest BCUT2D eigenvalue weighted by atomic mass is 10.1. The van der Waals surface area contributed by atoms with E-state index in [0.29, 0.717) is 33.2 Å². The number of nitrogens with zero attached hydrogens (tertiary/aromatic N) is 2. The molecule has 0 aliphatic rings. The molecule has 3 aromatic carbocycles. The minimum atomic E-state index is -0.369. The molecular formula is C25H20Cl2N4O2. The first-order chi connectivity index (χ1) is 15.8. The van der Waals surface area contributed by atoms with Crippen LogP contribution in [0.15, 0.2) is 72.8 Å². The van der Waals surface area contributed by atoms with Gasteiger partial charge in [-0.25, -0.2) is 4.68 Å². The van der Waals surface area contributed by atoms with E-state index in [1.165, 1.54) is 4.68 Å². The Kier molecular flexibility index (Phi) is 6.49. The molecule has 6 nitrogen and oxygen atoms in total. The molecule has 2 amide bonds. The van der Waals surface area contributed by atoms with Crippen LogP contribution in [0.5, 0.6) is 0 Å². The van der Waals surface area contributed by atoms with Crippen LogP contribution in [-0.2, 0) is 0 Å². The molecule has 1 heterocycles. The SMILES string of the molecule is Cc1cc(NC(=O)c2c(C)nn(-c3ccccc3)c2Cl)ccc1NC(=O)c1ccccc1Cl. The Hall–Kier alpha value is -3.61. The maximum absolute atomic E-state index is 13.0. The van der Waals surface area contributed by atoms with Gasteiger partial charge in [0, 0.05) is 11.4 Å². The van der Waals surface area contributed by atoms with E-state index >= 15 is 0 Å². The average molecular weight is 479 g/mol. The topological polar surface area (TPSA) is 76.0 Å². The third-order valence-corrected chi connectivity index (χ3v) is 5.76. The van der Waals surface area contributed by atoms with Crippen molar-refractivity contribution in [2.24, 2.45) is 0 Å². The number of halogens is 2. The van der Waals surface area contributed by atoms with Crippen molar-refractivity contribution in [3.8, 4) is 5.69 Å². The Morgan fingerprint density at radius 2 is 1.55 bits per heavy atom. The molecule has 2 N–H and O–H groups in total. The number of carbonyl (C=O) groups is 2. The molecule has 4 rings (SSSR count). The lowest BCUT2D eigenvalue weighted by Crippen LogP contribution is -2.15. The summed E-state index contributed by atoms with van der Waals surface area (Å²) in [4.78, 5) is 25.5. The molecule has 0 atom stereocenters. The zero-order valence-corrected chi connectivity index (χ0v) is 19.4. The monoisotopic (exact) mass is 478 g/mol. The van der Waals surface area contributed by atoms with Gasteiger partial charge in [0.05, 0.1) is 22.0 Å². The van der Waals surface area contributed by atoms with Gasteiger partial charge in [0.25, 0.3) is 11.8 Å². The highest BCUT2D eigenvalue weighted by Crippen LogP contribution is 2.26. The first-order valence-corrected chi connectivity index (χ1v) is 10.9. The number of benzene rings is 3. The van der Waals surface area contributed by atoms with E-state index in [0.717, 1.165) is 11.3 Å². The van der Waals surface area contributed by atoms with Crippen LogP contribution in [0.1, 0.15) is 32.0 Å². The van der Waals surface area contributed by atoms with Crippen molar-refractivity contribution in [3.63, 3.8) is 0 Å². The van der Waals surface area contributed by atoms with Gasteiger partial charge in [-0.2, -0.15) is 5.10 Å². The van der Waals surface area contributed by atoms with Crippen molar-refractivity contribution in [1.82, 2.24) is 9.78 Å². The van der Waals surface area contributed by atoms with Crippen molar-refractivity contribution in [2.45, 2.75) is 13.8 Å². The summed E-state index contributed by atoms with van der Waals surface area (Å²) < 4.78 is 1.53. The first kappa shape index (κ1) is 22.6. The maximum atomic E-state index is 13.0. The second-order valence-corrected chi connectivity index (χ2v) is 8.18. The summed E-state index contributed by atoms with van der Waals surface area (Å²) in [7, 11) is 0. The molecule has 0 radical (unpaired) electrons. The van der Waals surface area contributed by atoms with Gasteiger partial charge >= 0.3 is 0 Å². The summed E-state index contributed by atoms with van der Waals surface area (Å²) in [6.45, 7) is 3.57. The summed E-state index contributed by atoms with van der Waals surface area (Å²) in [5.74, 6) is -0.678. The van der Waals surface area contributed by atoms with Gasteiger partial charge in [0.1, 0.15) is 10.7 Å². The van der Waals surface area contributed by atoms with Crippen LogP contribution in [0.3, 0.4) is 0 Å². The van der Waals surface area contributed by atoms with Crippen LogP contribution in [-0.4, -0.2) is 21.6 Å². The van der Waals surface area contributed by atoms with Crippen LogP contribution in [0.25, 0.3) is 5.69 Å². The van der Waals surface area contributed by atoms with Crippen molar-refractivity contribution in [3.05, 3.63) is 105 Å². The number of hydrogen-bond donors (Lipinski definition) is 2. The summed E-state index contributed by atoms with van der Waals surface area (Å²) in [6, 6.07) is 21.4. The molecule has 166 valence electrons. The number of hydrogen-bond acceptors (Lipinski definition) is 3. The number of anilines is 2. The first-order valence-electron chi connectivity index (χ1n) is 10.1. The maximum Gasteiger partial charge on any atom is 0.260 e. The zero-order chi connectivity index (χ0) is 23.5. The molecule has 8 heteroatoms. The summed E-state index contributed by atoms with van der Waals surface area (Å²) >= 11 is 12.6.